The van der Waals surface area contributed by atoms with Gasteiger partial charge in [-0.2, -0.15) is 0 Å². The summed E-state index contributed by atoms with van der Waals surface area (Å²) in [6.45, 7) is -0.214. The Labute approximate surface area is 106 Å². The van der Waals surface area contributed by atoms with E-state index in [1.54, 1.807) is 0 Å². The van der Waals surface area contributed by atoms with Gasteiger partial charge >= 0.3 is 0 Å². The summed E-state index contributed by atoms with van der Waals surface area (Å²) in [5, 5.41) is 0.117. The number of fused-ring (bicyclic) bond motifs is 1. The van der Waals surface area contributed by atoms with Crippen molar-refractivity contribution in [1.82, 2.24) is 4.57 Å². The molecule has 0 spiro atoms. The smallest absolute Gasteiger partial charge is 0.263 e. The molecule has 1 aromatic carbocycles. The fourth-order valence-corrected chi connectivity index (χ4v) is 2.78. The van der Waals surface area contributed by atoms with Gasteiger partial charge in [-0.05, 0) is 18.2 Å². The maximum Gasteiger partial charge on any atom is 0.263 e. The van der Waals surface area contributed by atoms with Crippen LogP contribution in [0.4, 0.5) is 4.39 Å². The molecule has 0 radical (unpaired) electrons. The second kappa shape index (κ2) is 4.25. The Hall–Kier alpha value is -1.60. The highest BCUT2D eigenvalue weighted by molar-refractivity contribution is 8.14. The number of carbonyl (C=O) groups excluding carboxylic acids is 1. The van der Waals surface area contributed by atoms with Gasteiger partial charge < -0.3 is 10.3 Å². The van der Waals surface area contributed by atoms with Crippen LogP contribution in [0.3, 0.4) is 0 Å². The quantitative estimate of drug-likeness (QED) is 0.862. The van der Waals surface area contributed by atoms with Gasteiger partial charge in [0.2, 0.25) is 5.91 Å². The van der Waals surface area contributed by atoms with Gasteiger partial charge in [-0.15, -0.1) is 0 Å². The summed E-state index contributed by atoms with van der Waals surface area (Å²) in [5.74, 6) is -1.24. The van der Waals surface area contributed by atoms with Crippen molar-refractivity contribution in [3.63, 3.8) is 0 Å². The van der Waals surface area contributed by atoms with E-state index < -0.39 is 20.8 Å². The molecule has 0 saturated heterocycles. The van der Waals surface area contributed by atoms with Crippen LogP contribution in [-0.2, 0) is 20.4 Å². The number of nitrogens with zero attached hydrogens (tertiary/aromatic N) is 1. The molecule has 1 amide bonds. The first-order valence-electron chi connectivity index (χ1n) is 4.80. The highest BCUT2D eigenvalue weighted by Crippen LogP contribution is 2.28. The van der Waals surface area contributed by atoms with Gasteiger partial charge in [0.15, 0.2) is 0 Å². The standard InChI is InChI=1S/C10H8ClFN2O3S/c11-18(16,17)9-4-14(5-10(13)15)8-2-1-6(12)3-7(8)9/h1-4H,5H2,(H2,13,15). The van der Waals surface area contributed by atoms with Gasteiger partial charge in [-0.1, -0.05) is 0 Å². The normalized spacial score (nSPS) is 11.9. The number of carbonyl (C=O) groups is 1. The molecule has 18 heavy (non-hydrogen) atoms. The molecule has 0 bridgehead atoms. The van der Waals surface area contributed by atoms with Crippen LogP contribution in [0, 0.1) is 5.82 Å². The third-order valence-corrected chi connectivity index (χ3v) is 3.74. The zero-order chi connectivity index (χ0) is 13.5. The largest absolute Gasteiger partial charge is 0.368 e. The van der Waals surface area contributed by atoms with E-state index in [-0.39, 0.29) is 16.8 Å². The number of aromatic nitrogens is 1. The summed E-state index contributed by atoms with van der Waals surface area (Å²) in [5.41, 5.74) is 5.42. The molecule has 0 aliphatic carbocycles. The number of halogens is 2. The van der Waals surface area contributed by atoms with E-state index in [1.807, 2.05) is 0 Å². The van der Waals surface area contributed by atoms with E-state index >= 15 is 0 Å². The van der Waals surface area contributed by atoms with Crippen LogP contribution in [-0.4, -0.2) is 18.9 Å². The number of hydrogen-bond donors (Lipinski definition) is 1. The van der Waals surface area contributed by atoms with Crippen LogP contribution in [0.25, 0.3) is 10.9 Å². The van der Waals surface area contributed by atoms with Crippen molar-refractivity contribution in [2.75, 3.05) is 0 Å². The average molecular weight is 291 g/mol. The number of primary amides is 1. The number of hydrogen-bond acceptors (Lipinski definition) is 3. The summed E-state index contributed by atoms with van der Waals surface area (Å²) in [6.07, 6.45) is 1.16. The van der Waals surface area contributed by atoms with Crippen LogP contribution >= 0.6 is 10.7 Å². The van der Waals surface area contributed by atoms with Crippen molar-refractivity contribution in [1.29, 1.82) is 0 Å². The lowest BCUT2D eigenvalue weighted by atomic mass is 10.2. The van der Waals surface area contributed by atoms with E-state index in [0.717, 1.165) is 18.3 Å². The Morgan fingerprint density at radius 1 is 1.44 bits per heavy atom. The van der Waals surface area contributed by atoms with Crippen molar-refractivity contribution in [2.24, 2.45) is 5.73 Å². The number of benzene rings is 1. The number of nitrogens with two attached hydrogens (primary N) is 1. The minimum atomic E-state index is -4.03. The Bertz CT molecular complexity index is 739. The van der Waals surface area contributed by atoms with Gasteiger partial charge in [0.25, 0.3) is 9.05 Å². The number of rotatable bonds is 3. The van der Waals surface area contributed by atoms with Gasteiger partial charge in [0.1, 0.15) is 17.3 Å². The predicted octanol–water partition coefficient (Wildman–Crippen LogP) is 1.19. The van der Waals surface area contributed by atoms with Crippen molar-refractivity contribution < 1.29 is 17.6 Å². The van der Waals surface area contributed by atoms with Crippen LogP contribution < -0.4 is 5.73 Å². The minimum Gasteiger partial charge on any atom is -0.368 e. The van der Waals surface area contributed by atoms with Crippen molar-refractivity contribution in [3.8, 4) is 0 Å². The molecule has 0 saturated carbocycles. The molecule has 8 heteroatoms. The zero-order valence-corrected chi connectivity index (χ0v) is 10.5. The molecule has 0 atom stereocenters. The van der Waals surface area contributed by atoms with Gasteiger partial charge in [0, 0.05) is 22.3 Å². The summed E-state index contributed by atoms with van der Waals surface area (Å²) in [6, 6.07) is 3.56. The van der Waals surface area contributed by atoms with Crippen LogP contribution in [0.1, 0.15) is 0 Å². The van der Waals surface area contributed by atoms with Crippen molar-refractivity contribution in [2.45, 2.75) is 11.4 Å². The van der Waals surface area contributed by atoms with E-state index in [0.29, 0.717) is 5.52 Å². The van der Waals surface area contributed by atoms with E-state index in [2.05, 4.69) is 0 Å². The van der Waals surface area contributed by atoms with Crippen molar-refractivity contribution >= 4 is 36.5 Å². The second-order valence-electron chi connectivity index (χ2n) is 3.69. The first-order chi connectivity index (χ1) is 8.29. The lowest BCUT2D eigenvalue weighted by Crippen LogP contribution is -2.17. The third-order valence-electron chi connectivity index (χ3n) is 2.40. The molecule has 0 unspecified atom stereocenters. The van der Waals surface area contributed by atoms with Gasteiger partial charge in [-0.3, -0.25) is 4.79 Å². The zero-order valence-electron chi connectivity index (χ0n) is 8.93. The maximum atomic E-state index is 13.1. The molecule has 0 aliphatic heterocycles. The Kier molecular flexibility index (Phi) is 3.04. The highest BCUT2D eigenvalue weighted by atomic mass is 35.7. The summed E-state index contributed by atoms with van der Waals surface area (Å²) in [4.78, 5) is 10.6. The highest BCUT2D eigenvalue weighted by Gasteiger charge is 2.19. The molecule has 2 N–H and O–H groups in total. The molecule has 2 aromatic rings. The third kappa shape index (κ3) is 2.32. The SMILES string of the molecule is NC(=O)Cn1cc(S(=O)(=O)Cl)c2cc(F)ccc21. The first kappa shape index (κ1) is 12.8. The Balaban J connectivity index is 2.79. The first-order valence-corrected chi connectivity index (χ1v) is 7.11. The molecule has 5 nitrogen and oxygen atoms in total. The molecule has 96 valence electrons. The maximum absolute atomic E-state index is 13.1. The summed E-state index contributed by atoms with van der Waals surface area (Å²) >= 11 is 0. The molecule has 0 aliphatic rings. The molecule has 1 aromatic heterocycles. The fourth-order valence-electron chi connectivity index (χ4n) is 1.73. The summed E-state index contributed by atoms with van der Waals surface area (Å²) in [7, 11) is 1.23. The van der Waals surface area contributed by atoms with E-state index in [9.17, 15) is 17.6 Å². The summed E-state index contributed by atoms with van der Waals surface area (Å²) < 4.78 is 37.2. The monoisotopic (exact) mass is 290 g/mol. The minimum absolute atomic E-state index is 0.117. The van der Waals surface area contributed by atoms with E-state index in [4.69, 9.17) is 16.4 Å². The van der Waals surface area contributed by atoms with Gasteiger partial charge in [-0.25, -0.2) is 12.8 Å². The second-order valence-corrected chi connectivity index (χ2v) is 6.22. The molecular formula is C10H8ClFN2O3S. The fraction of sp³-hybridized carbons (Fsp3) is 0.100. The molecule has 0 fully saturated rings. The van der Waals surface area contributed by atoms with Crippen molar-refractivity contribution in [3.05, 3.63) is 30.2 Å². The average Bonchev–Trinajstić information content (AvgIpc) is 2.55. The lowest BCUT2D eigenvalue weighted by Gasteiger charge is -2.00. The molecular weight excluding hydrogens is 283 g/mol. The van der Waals surface area contributed by atoms with Crippen LogP contribution in [0.2, 0.25) is 0 Å². The van der Waals surface area contributed by atoms with Crippen LogP contribution in [0.5, 0.6) is 0 Å². The number of amides is 1. The van der Waals surface area contributed by atoms with E-state index in [1.165, 1.54) is 10.6 Å². The predicted molar refractivity (Wildman–Crippen MR) is 64.1 cm³/mol. The Morgan fingerprint density at radius 2 is 2.11 bits per heavy atom. The van der Waals surface area contributed by atoms with Gasteiger partial charge in [0.05, 0.1) is 5.52 Å². The van der Waals surface area contributed by atoms with Crippen LogP contribution in [0.15, 0.2) is 29.3 Å². The Morgan fingerprint density at radius 3 is 2.67 bits per heavy atom. The molecule has 1 heterocycles. The topological polar surface area (TPSA) is 82.2 Å². The lowest BCUT2D eigenvalue weighted by molar-refractivity contribution is -0.118. The molecule has 2 rings (SSSR count).